The number of sulfonamides is 1. The lowest BCUT2D eigenvalue weighted by molar-refractivity contribution is -0.121. The molecule has 0 aliphatic rings. The SMILES string of the molecule is O=C(CN(Cc1ccc(Cl)c(Cl)c1)S(=O)(=O)c1ccccc1)NC(c1ccccc1)c1ccccc1. The van der Waals surface area contributed by atoms with Crippen LogP contribution in [0.5, 0.6) is 0 Å². The van der Waals surface area contributed by atoms with Crippen LogP contribution in [-0.2, 0) is 21.4 Å². The van der Waals surface area contributed by atoms with Crippen molar-refractivity contribution in [3.63, 3.8) is 0 Å². The highest BCUT2D eigenvalue weighted by Gasteiger charge is 2.28. The molecule has 0 aliphatic heterocycles. The van der Waals surface area contributed by atoms with Crippen molar-refractivity contribution in [1.82, 2.24) is 9.62 Å². The summed E-state index contributed by atoms with van der Waals surface area (Å²) in [4.78, 5) is 13.4. The maximum absolute atomic E-state index is 13.5. The van der Waals surface area contributed by atoms with Gasteiger partial charge in [-0.15, -0.1) is 0 Å². The zero-order valence-corrected chi connectivity index (χ0v) is 21.5. The van der Waals surface area contributed by atoms with Crippen LogP contribution in [0.1, 0.15) is 22.7 Å². The fraction of sp³-hybridized carbons (Fsp3) is 0.107. The fourth-order valence-electron chi connectivity index (χ4n) is 3.83. The van der Waals surface area contributed by atoms with Gasteiger partial charge in [-0.25, -0.2) is 8.42 Å². The van der Waals surface area contributed by atoms with Crippen LogP contribution in [0.3, 0.4) is 0 Å². The molecular weight excluding hydrogens is 515 g/mol. The molecule has 184 valence electrons. The predicted molar refractivity (Wildman–Crippen MR) is 143 cm³/mol. The Morgan fingerprint density at radius 2 is 1.28 bits per heavy atom. The van der Waals surface area contributed by atoms with Crippen LogP contribution in [-0.4, -0.2) is 25.2 Å². The zero-order chi connectivity index (χ0) is 25.5. The Morgan fingerprint density at radius 1 is 0.750 bits per heavy atom. The Labute approximate surface area is 221 Å². The van der Waals surface area contributed by atoms with Crippen LogP contribution in [0.25, 0.3) is 0 Å². The molecule has 8 heteroatoms. The molecule has 0 radical (unpaired) electrons. The van der Waals surface area contributed by atoms with Crippen LogP contribution < -0.4 is 5.32 Å². The number of halogens is 2. The lowest BCUT2D eigenvalue weighted by atomic mass is 9.99. The van der Waals surface area contributed by atoms with Gasteiger partial charge in [0.2, 0.25) is 15.9 Å². The lowest BCUT2D eigenvalue weighted by Gasteiger charge is -2.25. The first kappa shape index (κ1) is 25.9. The van der Waals surface area contributed by atoms with E-state index in [0.29, 0.717) is 15.6 Å². The van der Waals surface area contributed by atoms with E-state index in [1.165, 1.54) is 12.1 Å². The van der Waals surface area contributed by atoms with Gasteiger partial charge < -0.3 is 5.32 Å². The number of rotatable bonds is 9. The summed E-state index contributed by atoms with van der Waals surface area (Å²) in [6.45, 7) is -0.434. The van der Waals surface area contributed by atoms with E-state index < -0.39 is 22.0 Å². The molecule has 36 heavy (non-hydrogen) atoms. The molecule has 1 amide bonds. The van der Waals surface area contributed by atoms with Gasteiger partial charge in [0.15, 0.2) is 0 Å². The van der Waals surface area contributed by atoms with Crippen LogP contribution in [0.15, 0.2) is 114 Å². The van der Waals surface area contributed by atoms with Crippen molar-refractivity contribution in [2.45, 2.75) is 17.5 Å². The van der Waals surface area contributed by atoms with Gasteiger partial charge in [0, 0.05) is 6.54 Å². The molecule has 0 spiro atoms. The molecule has 0 saturated heterocycles. The van der Waals surface area contributed by atoms with Gasteiger partial charge in [-0.1, -0.05) is 108 Å². The summed E-state index contributed by atoms with van der Waals surface area (Å²) in [6, 6.07) is 31.6. The topological polar surface area (TPSA) is 66.5 Å². The Hall–Kier alpha value is -3.16. The van der Waals surface area contributed by atoms with Crippen LogP contribution in [0, 0.1) is 0 Å². The standard InChI is InChI=1S/C28H24Cl2N2O3S/c29-25-17-16-21(18-26(25)30)19-32(36(34,35)24-14-8-3-9-15-24)20-27(33)31-28(22-10-4-1-5-11-22)23-12-6-2-7-13-23/h1-18,28H,19-20H2,(H,31,33). The fourth-order valence-corrected chi connectivity index (χ4v) is 5.55. The number of hydrogen-bond donors (Lipinski definition) is 1. The molecule has 1 N–H and O–H groups in total. The van der Waals surface area contributed by atoms with Crippen LogP contribution in [0.4, 0.5) is 0 Å². The first-order valence-corrected chi connectivity index (χ1v) is 13.4. The van der Waals surface area contributed by atoms with Crippen molar-refractivity contribution in [3.8, 4) is 0 Å². The van der Waals surface area contributed by atoms with Gasteiger partial charge >= 0.3 is 0 Å². The lowest BCUT2D eigenvalue weighted by Crippen LogP contribution is -2.41. The Balaban J connectivity index is 1.64. The second kappa shape index (κ2) is 11.7. The van der Waals surface area contributed by atoms with Crippen molar-refractivity contribution in [2.75, 3.05) is 6.54 Å². The predicted octanol–water partition coefficient (Wildman–Crippen LogP) is 6.09. The maximum atomic E-state index is 13.5. The maximum Gasteiger partial charge on any atom is 0.243 e. The number of hydrogen-bond acceptors (Lipinski definition) is 3. The summed E-state index contributed by atoms with van der Waals surface area (Å²) in [5.74, 6) is -0.438. The van der Waals surface area contributed by atoms with Gasteiger partial charge in [-0.3, -0.25) is 4.79 Å². The normalized spacial score (nSPS) is 11.6. The summed E-state index contributed by atoms with van der Waals surface area (Å²) in [5, 5.41) is 3.69. The van der Waals surface area contributed by atoms with Gasteiger partial charge in [-0.05, 0) is 41.0 Å². The summed E-state index contributed by atoms with van der Waals surface area (Å²) in [6.07, 6.45) is 0. The quantitative estimate of drug-likeness (QED) is 0.280. The third-order valence-electron chi connectivity index (χ3n) is 5.62. The van der Waals surface area contributed by atoms with Crippen molar-refractivity contribution in [2.24, 2.45) is 0 Å². The van der Waals surface area contributed by atoms with Crippen molar-refractivity contribution in [3.05, 3.63) is 136 Å². The second-order valence-electron chi connectivity index (χ2n) is 8.16. The van der Waals surface area contributed by atoms with E-state index in [0.717, 1.165) is 15.4 Å². The Morgan fingerprint density at radius 3 is 1.81 bits per heavy atom. The highest BCUT2D eigenvalue weighted by atomic mass is 35.5. The summed E-state index contributed by atoms with van der Waals surface area (Å²) in [5.41, 5.74) is 2.39. The summed E-state index contributed by atoms with van der Waals surface area (Å²) >= 11 is 12.2. The average Bonchev–Trinajstić information content (AvgIpc) is 2.90. The van der Waals surface area contributed by atoms with Crippen molar-refractivity contribution < 1.29 is 13.2 Å². The van der Waals surface area contributed by atoms with Crippen LogP contribution in [0.2, 0.25) is 10.0 Å². The molecule has 4 aromatic carbocycles. The number of carbonyl (C=O) groups excluding carboxylic acids is 1. The smallest absolute Gasteiger partial charge is 0.243 e. The molecule has 0 heterocycles. The number of carbonyl (C=O) groups is 1. The molecule has 0 aromatic heterocycles. The van der Waals surface area contributed by atoms with Gasteiger partial charge in [0.25, 0.3) is 0 Å². The second-order valence-corrected chi connectivity index (χ2v) is 10.9. The van der Waals surface area contributed by atoms with Crippen molar-refractivity contribution >= 4 is 39.1 Å². The van der Waals surface area contributed by atoms with E-state index >= 15 is 0 Å². The van der Waals surface area contributed by atoms with E-state index in [1.54, 1.807) is 36.4 Å². The summed E-state index contributed by atoms with van der Waals surface area (Å²) in [7, 11) is -3.99. The molecule has 0 bridgehead atoms. The largest absolute Gasteiger partial charge is 0.344 e. The minimum Gasteiger partial charge on any atom is -0.344 e. The molecule has 0 unspecified atom stereocenters. The van der Waals surface area contributed by atoms with Crippen molar-refractivity contribution in [1.29, 1.82) is 0 Å². The molecule has 0 fully saturated rings. The number of benzene rings is 4. The highest BCUT2D eigenvalue weighted by molar-refractivity contribution is 7.89. The molecular formula is C28H24Cl2N2O3S. The first-order valence-electron chi connectivity index (χ1n) is 11.2. The Kier molecular flexibility index (Phi) is 8.44. The third-order valence-corrected chi connectivity index (χ3v) is 8.16. The zero-order valence-electron chi connectivity index (χ0n) is 19.2. The number of amides is 1. The van der Waals surface area contributed by atoms with Crippen LogP contribution >= 0.6 is 23.2 Å². The van der Waals surface area contributed by atoms with Gasteiger partial charge in [0.1, 0.15) is 0 Å². The Bertz CT molecular complexity index is 1380. The number of nitrogens with zero attached hydrogens (tertiary/aromatic N) is 1. The molecule has 0 atom stereocenters. The molecule has 4 aromatic rings. The minimum atomic E-state index is -3.99. The van der Waals surface area contributed by atoms with E-state index in [2.05, 4.69) is 5.32 Å². The van der Waals surface area contributed by atoms with E-state index in [-0.39, 0.29) is 18.0 Å². The van der Waals surface area contributed by atoms with E-state index in [4.69, 9.17) is 23.2 Å². The van der Waals surface area contributed by atoms with E-state index in [1.807, 2.05) is 60.7 Å². The van der Waals surface area contributed by atoms with Gasteiger partial charge in [-0.2, -0.15) is 4.31 Å². The molecule has 0 aliphatic carbocycles. The molecule has 4 rings (SSSR count). The number of nitrogens with one attached hydrogen (secondary N) is 1. The average molecular weight is 539 g/mol. The third kappa shape index (κ3) is 6.33. The molecule has 0 saturated carbocycles. The van der Waals surface area contributed by atoms with Gasteiger partial charge in [0.05, 0.1) is 27.5 Å². The summed E-state index contributed by atoms with van der Waals surface area (Å²) < 4.78 is 28.2. The molecule has 5 nitrogen and oxygen atoms in total. The minimum absolute atomic E-state index is 0.0527. The van der Waals surface area contributed by atoms with E-state index in [9.17, 15) is 13.2 Å². The first-order chi connectivity index (χ1) is 17.3. The highest BCUT2D eigenvalue weighted by Crippen LogP contribution is 2.26. The monoisotopic (exact) mass is 538 g/mol.